The highest BCUT2D eigenvalue weighted by Gasteiger charge is 2.32. The molecule has 0 aromatic heterocycles. The van der Waals surface area contributed by atoms with Crippen molar-refractivity contribution < 1.29 is 19.1 Å². The molecule has 1 heterocycles. The summed E-state index contributed by atoms with van der Waals surface area (Å²) in [5.74, 6) is 0.195. The molecule has 1 unspecified atom stereocenters. The van der Waals surface area contributed by atoms with E-state index >= 15 is 0 Å². The SMILES string of the molecule is CC(OC(=O)C=Cc1ccccc1)c1ccc2c(c1)C(=O)CC(C)(C)O2. The summed E-state index contributed by atoms with van der Waals surface area (Å²) in [6, 6.07) is 14.9. The zero-order chi connectivity index (χ0) is 18.7. The minimum absolute atomic E-state index is 0.0422. The standard InChI is InChI=1S/C22H22O4/c1-15(25-21(24)12-9-16-7-5-4-6-8-16)17-10-11-20-18(13-17)19(23)14-22(2,3)26-20/h4-13,15H,14H2,1-3H3. The van der Waals surface area contributed by atoms with Crippen molar-refractivity contribution in [2.45, 2.75) is 38.9 Å². The summed E-state index contributed by atoms with van der Waals surface area (Å²) in [5.41, 5.74) is 1.74. The van der Waals surface area contributed by atoms with Crippen LogP contribution >= 0.6 is 0 Å². The average Bonchev–Trinajstić information content (AvgIpc) is 2.59. The first kappa shape index (κ1) is 17.9. The minimum atomic E-state index is -0.494. The first-order valence-corrected chi connectivity index (χ1v) is 8.64. The van der Waals surface area contributed by atoms with Crippen LogP contribution < -0.4 is 4.74 Å². The second-order valence-electron chi connectivity index (χ2n) is 7.04. The average molecular weight is 350 g/mol. The summed E-state index contributed by atoms with van der Waals surface area (Å²) in [4.78, 5) is 24.4. The molecular weight excluding hydrogens is 328 g/mol. The van der Waals surface area contributed by atoms with Crippen LogP contribution in [0.3, 0.4) is 0 Å². The molecule has 0 amide bonds. The summed E-state index contributed by atoms with van der Waals surface area (Å²) in [7, 11) is 0. The molecule has 0 aliphatic carbocycles. The van der Waals surface area contributed by atoms with Crippen molar-refractivity contribution in [2.24, 2.45) is 0 Å². The van der Waals surface area contributed by atoms with Crippen molar-refractivity contribution in [1.29, 1.82) is 0 Å². The van der Waals surface area contributed by atoms with Crippen LogP contribution in [0.1, 0.15) is 54.8 Å². The third-order valence-electron chi connectivity index (χ3n) is 4.25. The van der Waals surface area contributed by atoms with Gasteiger partial charge in [-0.2, -0.15) is 0 Å². The zero-order valence-electron chi connectivity index (χ0n) is 15.2. The lowest BCUT2D eigenvalue weighted by Crippen LogP contribution is -2.35. The Morgan fingerprint density at radius 2 is 1.92 bits per heavy atom. The molecule has 0 fully saturated rings. The molecule has 0 saturated heterocycles. The van der Waals surface area contributed by atoms with Gasteiger partial charge in [0.1, 0.15) is 17.5 Å². The quantitative estimate of drug-likeness (QED) is 0.590. The largest absolute Gasteiger partial charge is 0.487 e. The van der Waals surface area contributed by atoms with Crippen LogP contribution in [0, 0.1) is 0 Å². The monoisotopic (exact) mass is 350 g/mol. The molecule has 1 atom stereocenters. The van der Waals surface area contributed by atoms with Crippen LogP contribution in [0.5, 0.6) is 5.75 Å². The van der Waals surface area contributed by atoms with Crippen LogP contribution in [0.2, 0.25) is 0 Å². The number of ether oxygens (including phenoxy) is 2. The van der Waals surface area contributed by atoms with Gasteiger partial charge in [0.25, 0.3) is 0 Å². The maximum absolute atomic E-state index is 12.4. The molecule has 0 spiro atoms. The van der Waals surface area contributed by atoms with Gasteiger partial charge in [0, 0.05) is 6.08 Å². The number of fused-ring (bicyclic) bond motifs is 1. The Hall–Kier alpha value is -2.88. The van der Waals surface area contributed by atoms with Gasteiger partial charge in [-0.15, -0.1) is 0 Å². The first-order valence-electron chi connectivity index (χ1n) is 8.64. The van der Waals surface area contributed by atoms with Crippen LogP contribution in [-0.4, -0.2) is 17.4 Å². The highest BCUT2D eigenvalue weighted by atomic mass is 16.5. The number of rotatable bonds is 4. The predicted octanol–water partition coefficient (Wildman–Crippen LogP) is 4.75. The number of benzene rings is 2. The molecule has 1 aliphatic rings. The Morgan fingerprint density at radius 1 is 1.19 bits per heavy atom. The van der Waals surface area contributed by atoms with Crippen LogP contribution in [0.15, 0.2) is 54.6 Å². The number of ketones is 1. The van der Waals surface area contributed by atoms with Crippen molar-refractivity contribution in [3.8, 4) is 5.75 Å². The van der Waals surface area contributed by atoms with E-state index < -0.39 is 17.7 Å². The maximum Gasteiger partial charge on any atom is 0.331 e. The fraction of sp³-hybridized carbons (Fsp3) is 0.273. The molecule has 3 rings (SSSR count). The van der Waals surface area contributed by atoms with Crippen LogP contribution in [0.4, 0.5) is 0 Å². The topological polar surface area (TPSA) is 52.6 Å². The Morgan fingerprint density at radius 3 is 2.65 bits per heavy atom. The fourth-order valence-electron chi connectivity index (χ4n) is 2.93. The molecule has 4 nitrogen and oxygen atoms in total. The lowest BCUT2D eigenvalue weighted by molar-refractivity contribution is -0.142. The van der Waals surface area contributed by atoms with E-state index in [-0.39, 0.29) is 5.78 Å². The smallest absolute Gasteiger partial charge is 0.331 e. The van der Waals surface area contributed by atoms with Gasteiger partial charge in [-0.25, -0.2) is 4.79 Å². The van der Waals surface area contributed by atoms with Gasteiger partial charge in [-0.05, 0) is 50.1 Å². The molecule has 1 aliphatic heterocycles. The fourth-order valence-corrected chi connectivity index (χ4v) is 2.93. The summed E-state index contributed by atoms with van der Waals surface area (Å²) >= 11 is 0. The van der Waals surface area contributed by atoms with Crippen LogP contribution in [-0.2, 0) is 9.53 Å². The van der Waals surface area contributed by atoms with Gasteiger partial charge in [-0.1, -0.05) is 36.4 Å². The second-order valence-corrected chi connectivity index (χ2v) is 7.04. The van der Waals surface area contributed by atoms with Gasteiger partial charge in [-0.3, -0.25) is 4.79 Å². The third-order valence-corrected chi connectivity index (χ3v) is 4.25. The van der Waals surface area contributed by atoms with Gasteiger partial charge in [0.15, 0.2) is 5.78 Å². The summed E-state index contributed by atoms with van der Waals surface area (Å²) in [6.07, 6.45) is 2.98. The molecule has 0 bridgehead atoms. The lowest BCUT2D eigenvalue weighted by atomic mass is 9.91. The second kappa shape index (κ2) is 7.16. The van der Waals surface area contributed by atoms with Crippen LogP contribution in [0.25, 0.3) is 6.08 Å². The maximum atomic E-state index is 12.4. The van der Waals surface area contributed by atoms with E-state index in [2.05, 4.69) is 0 Å². The Labute approximate surface area is 153 Å². The van der Waals surface area contributed by atoms with Gasteiger partial charge in [0.2, 0.25) is 0 Å². The van der Waals surface area contributed by atoms with Crippen molar-refractivity contribution in [2.75, 3.05) is 0 Å². The van der Waals surface area contributed by atoms with Crippen molar-refractivity contribution >= 4 is 17.8 Å². The van der Waals surface area contributed by atoms with E-state index in [1.54, 1.807) is 25.1 Å². The highest BCUT2D eigenvalue weighted by Crippen LogP contribution is 2.35. The van der Waals surface area contributed by atoms with Gasteiger partial charge in [0.05, 0.1) is 12.0 Å². The normalized spacial score (nSPS) is 16.7. The third kappa shape index (κ3) is 4.20. The number of hydrogen-bond donors (Lipinski definition) is 0. The van der Waals surface area contributed by atoms with E-state index in [1.807, 2.05) is 50.2 Å². The van der Waals surface area contributed by atoms with E-state index in [0.29, 0.717) is 17.7 Å². The number of esters is 1. The molecule has 0 saturated carbocycles. The number of hydrogen-bond acceptors (Lipinski definition) is 4. The molecule has 26 heavy (non-hydrogen) atoms. The van der Waals surface area contributed by atoms with E-state index in [1.165, 1.54) is 6.08 Å². The van der Waals surface area contributed by atoms with Gasteiger partial charge >= 0.3 is 5.97 Å². The highest BCUT2D eigenvalue weighted by molar-refractivity contribution is 6.00. The predicted molar refractivity (Wildman–Crippen MR) is 100 cm³/mol. The first-order chi connectivity index (χ1) is 12.3. The van der Waals surface area contributed by atoms with Crippen molar-refractivity contribution in [1.82, 2.24) is 0 Å². The zero-order valence-corrected chi connectivity index (χ0v) is 15.2. The summed E-state index contributed by atoms with van der Waals surface area (Å²) < 4.78 is 11.3. The number of Topliss-reactive ketones (excluding diaryl/α,β-unsaturated/α-hetero) is 1. The van der Waals surface area contributed by atoms with Gasteiger partial charge < -0.3 is 9.47 Å². The number of carbonyl (C=O) groups excluding carboxylic acids is 2. The minimum Gasteiger partial charge on any atom is -0.487 e. The number of carbonyl (C=O) groups is 2. The summed E-state index contributed by atoms with van der Waals surface area (Å²) in [6.45, 7) is 5.57. The molecule has 0 radical (unpaired) electrons. The van der Waals surface area contributed by atoms with Crippen molar-refractivity contribution in [3.05, 3.63) is 71.3 Å². The Kier molecular flexibility index (Phi) is 4.94. The molecular formula is C22H22O4. The van der Waals surface area contributed by atoms with E-state index in [9.17, 15) is 9.59 Å². The molecule has 2 aromatic rings. The molecule has 2 aromatic carbocycles. The Bertz CT molecular complexity index is 850. The lowest BCUT2D eigenvalue weighted by Gasteiger charge is -2.32. The molecule has 134 valence electrons. The van der Waals surface area contributed by atoms with E-state index in [0.717, 1.165) is 11.1 Å². The summed E-state index contributed by atoms with van der Waals surface area (Å²) in [5, 5.41) is 0. The molecule has 4 heteroatoms. The Balaban J connectivity index is 1.70. The van der Waals surface area contributed by atoms with E-state index in [4.69, 9.17) is 9.47 Å². The molecule has 0 N–H and O–H groups in total. The van der Waals surface area contributed by atoms with Crippen molar-refractivity contribution in [3.63, 3.8) is 0 Å².